The van der Waals surface area contributed by atoms with Crippen molar-refractivity contribution >= 4 is 62.3 Å². The second kappa shape index (κ2) is 7.54. The van der Waals surface area contributed by atoms with E-state index in [1.54, 1.807) is 24.5 Å². The molecule has 3 aromatic rings. The zero-order valence-electron chi connectivity index (χ0n) is 14.0. The molecular formula is C19H15BrClN5O. The van der Waals surface area contributed by atoms with Crippen LogP contribution in [0.25, 0.3) is 11.0 Å². The number of anilines is 2. The van der Waals surface area contributed by atoms with E-state index in [0.29, 0.717) is 23.0 Å². The molecule has 136 valence electrons. The highest BCUT2D eigenvalue weighted by Gasteiger charge is 2.16. The zero-order chi connectivity index (χ0) is 18.8. The van der Waals surface area contributed by atoms with Crippen LogP contribution in [0.5, 0.6) is 0 Å². The number of fused-ring (bicyclic) bond motifs is 1. The fourth-order valence-corrected chi connectivity index (χ4v) is 3.21. The Morgan fingerprint density at radius 3 is 2.81 bits per heavy atom. The summed E-state index contributed by atoms with van der Waals surface area (Å²) in [4.78, 5) is 24.2. The molecule has 1 aliphatic heterocycles. The number of aromatic amines is 1. The molecule has 3 N–H and O–H groups in total. The lowest BCUT2D eigenvalue weighted by molar-refractivity contribution is 0.102. The van der Waals surface area contributed by atoms with Crippen molar-refractivity contribution in [2.45, 2.75) is 12.5 Å². The summed E-state index contributed by atoms with van der Waals surface area (Å²) in [5.41, 5.74) is 2.81. The van der Waals surface area contributed by atoms with E-state index in [4.69, 9.17) is 11.6 Å². The number of halogens is 2. The fraction of sp³-hybridized carbons (Fsp3) is 0.105. The van der Waals surface area contributed by atoms with E-state index in [1.807, 2.05) is 30.3 Å². The largest absolute Gasteiger partial charge is 0.348 e. The molecule has 1 aliphatic rings. The van der Waals surface area contributed by atoms with Gasteiger partial charge in [-0.3, -0.25) is 9.79 Å². The summed E-state index contributed by atoms with van der Waals surface area (Å²) in [6.07, 6.45) is 4.11. The van der Waals surface area contributed by atoms with Crippen LogP contribution in [0.1, 0.15) is 16.8 Å². The van der Waals surface area contributed by atoms with Crippen molar-refractivity contribution in [1.82, 2.24) is 9.97 Å². The molecule has 0 fully saturated rings. The molecule has 0 aliphatic carbocycles. The smallest absolute Gasteiger partial charge is 0.255 e. The lowest BCUT2D eigenvalue weighted by Gasteiger charge is -2.17. The summed E-state index contributed by atoms with van der Waals surface area (Å²) < 4.78 is 0.957. The van der Waals surface area contributed by atoms with Crippen molar-refractivity contribution < 1.29 is 4.79 Å². The standard InChI is InChI=1S/C19H15BrClN5O/c20-12-2-4-13(5-3-12)23-18(27)11-1-6-16-17(9-11)26-19(25-16)24-15-7-8-22-10-14(15)21/h1-6,8-10,15H,7H2,(H,23,27)(H2,24,25,26). The number of hydrogen-bond donors (Lipinski definition) is 3. The van der Waals surface area contributed by atoms with Gasteiger partial charge < -0.3 is 15.6 Å². The monoisotopic (exact) mass is 443 g/mol. The Kier molecular flexibility index (Phi) is 4.96. The van der Waals surface area contributed by atoms with Gasteiger partial charge in [-0.25, -0.2) is 4.98 Å². The summed E-state index contributed by atoms with van der Waals surface area (Å²) in [5, 5.41) is 6.76. The predicted molar refractivity (Wildman–Crippen MR) is 113 cm³/mol. The van der Waals surface area contributed by atoms with Gasteiger partial charge in [0.25, 0.3) is 5.91 Å². The third-order valence-electron chi connectivity index (χ3n) is 4.13. The number of aliphatic imine (C=N–C) groups is 1. The van der Waals surface area contributed by atoms with Gasteiger partial charge in [0.2, 0.25) is 5.95 Å². The summed E-state index contributed by atoms with van der Waals surface area (Å²) in [6, 6.07) is 12.7. The van der Waals surface area contributed by atoms with Crippen LogP contribution in [0.4, 0.5) is 11.6 Å². The molecule has 1 unspecified atom stereocenters. The average Bonchev–Trinajstić information content (AvgIpc) is 3.07. The molecule has 1 aromatic heterocycles. The minimum absolute atomic E-state index is 0.0649. The third kappa shape index (κ3) is 4.04. The molecule has 0 saturated carbocycles. The van der Waals surface area contributed by atoms with E-state index in [2.05, 4.69) is 41.5 Å². The maximum absolute atomic E-state index is 12.5. The van der Waals surface area contributed by atoms with Crippen molar-refractivity contribution in [2.24, 2.45) is 4.99 Å². The number of aromatic nitrogens is 2. The van der Waals surface area contributed by atoms with Crippen LogP contribution in [0, 0.1) is 0 Å². The Morgan fingerprint density at radius 2 is 2.04 bits per heavy atom. The lowest BCUT2D eigenvalue weighted by atomic mass is 10.2. The molecular weight excluding hydrogens is 430 g/mol. The third-order valence-corrected chi connectivity index (χ3v) is 5.02. The predicted octanol–water partition coefficient (Wildman–Crippen LogP) is 4.91. The van der Waals surface area contributed by atoms with Crippen molar-refractivity contribution in [1.29, 1.82) is 0 Å². The van der Waals surface area contributed by atoms with Gasteiger partial charge in [0, 0.05) is 34.6 Å². The molecule has 2 heterocycles. The Bertz CT molecular complexity index is 1060. The van der Waals surface area contributed by atoms with Crippen LogP contribution >= 0.6 is 27.5 Å². The second-order valence-electron chi connectivity index (χ2n) is 6.06. The Labute approximate surface area is 168 Å². The number of benzene rings is 2. The maximum atomic E-state index is 12.5. The van der Waals surface area contributed by atoms with E-state index in [1.165, 1.54) is 0 Å². The molecule has 0 saturated heterocycles. The molecule has 8 heteroatoms. The van der Waals surface area contributed by atoms with Gasteiger partial charge in [-0.1, -0.05) is 27.5 Å². The molecule has 1 atom stereocenters. The Balaban J connectivity index is 1.52. The van der Waals surface area contributed by atoms with Gasteiger partial charge >= 0.3 is 0 Å². The maximum Gasteiger partial charge on any atom is 0.255 e. The quantitative estimate of drug-likeness (QED) is 0.534. The summed E-state index contributed by atoms with van der Waals surface area (Å²) in [7, 11) is 0. The van der Waals surface area contributed by atoms with E-state index in [0.717, 1.165) is 21.2 Å². The van der Waals surface area contributed by atoms with Crippen molar-refractivity contribution in [3.63, 3.8) is 0 Å². The van der Waals surface area contributed by atoms with E-state index in [9.17, 15) is 4.79 Å². The second-order valence-corrected chi connectivity index (χ2v) is 7.41. The van der Waals surface area contributed by atoms with Crippen molar-refractivity contribution in [2.75, 3.05) is 10.6 Å². The minimum Gasteiger partial charge on any atom is -0.348 e. The summed E-state index contributed by atoms with van der Waals surface area (Å²) in [6.45, 7) is 0. The number of carbonyl (C=O) groups is 1. The highest BCUT2D eigenvalue weighted by atomic mass is 79.9. The number of hydrogen-bond acceptors (Lipinski definition) is 4. The molecule has 0 bridgehead atoms. The van der Waals surface area contributed by atoms with E-state index in [-0.39, 0.29) is 11.9 Å². The first-order valence-corrected chi connectivity index (χ1v) is 9.46. The number of carbonyl (C=O) groups excluding carboxylic acids is 1. The van der Waals surface area contributed by atoms with Crippen LogP contribution in [0.15, 0.2) is 63.2 Å². The number of rotatable bonds is 4. The molecule has 4 rings (SSSR count). The number of imidazole rings is 1. The van der Waals surface area contributed by atoms with Gasteiger partial charge in [0.1, 0.15) is 0 Å². The number of amides is 1. The molecule has 0 radical (unpaired) electrons. The van der Waals surface area contributed by atoms with Gasteiger partial charge in [0.05, 0.1) is 22.1 Å². The van der Waals surface area contributed by atoms with Gasteiger partial charge in [-0.2, -0.15) is 0 Å². The molecule has 27 heavy (non-hydrogen) atoms. The molecule has 0 spiro atoms. The number of nitrogens with one attached hydrogen (secondary N) is 3. The van der Waals surface area contributed by atoms with E-state index < -0.39 is 0 Å². The average molecular weight is 445 g/mol. The van der Waals surface area contributed by atoms with Gasteiger partial charge in [-0.15, -0.1) is 0 Å². The lowest BCUT2D eigenvalue weighted by Crippen LogP contribution is -2.22. The van der Waals surface area contributed by atoms with Crippen LogP contribution in [-0.4, -0.2) is 28.1 Å². The Hall–Kier alpha value is -2.64. The number of nitrogens with zero attached hydrogens (tertiary/aromatic N) is 2. The van der Waals surface area contributed by atoms with E-state index >= 15 is 0 Å². The van der Waals surface area contributed by atoms with Crippen molar-refractivity contribution in [3.8, 4) is 0 Å². The molecule has 2 aromatic carbocycles. The minimum atomic E-state index is -0.183. The zero-order valence-corrected chi connectivity index (χ0v) is 16.4. The first-order valence-electron chi connectivity index (χ1n) is 8.29. The SMILES string of the molecule is O=C(Nc1ccc(Br)cc1)c1ccc2nc(NC3CC=NC=C3Cl)[nH]c2c1. The number of H-pyrrole nitrogens is 1. The fourth-order valence-electron chi connectivity index (χ4n) is 2.74. The van der Waals surface area contributed by atoms with Crippen LogP contribution < -0.4 is 10.6 Å². The highest BCUT2D eigenvalue weighted by Crippen LogP contribution is 2.22. The van der Waals surface area contributed by atoms with Gasteiger partial charge in [-0.05, 0) is 42.5 Å². The van der Waals surface area contributed by atoms with Gasteiger partial charge in [0.15, 0.2) is 0 Å². The first kappa shape index (κ1) is 17.8. The van der Waals surface area contributed by atoms with Crippen LogP contribution in [-0.2, 0) is 0 Å². The Morgan fingerprint density at radius 1 is 1.22 bits per heavy atom. The summed E-state index contributed by atoms with van der Waals surface area (Å²) >= 11 is 9.55. The molecule has 1 amide bonds. The first-order chi connectivity index (χ1) is 13.1. The normalized spacial score (nSPS) is 16.2. The topological polar surface area (TPSA) is 82.2 Å². The van der Waals surface area contributed by atoms with Crippen molar-refractivity contribution in [3.05, 3.63) is 63.7 Å². The molecule has 6 nitrogen and oxygen atoms in total. The van der Waals surface area contributed by atoms with Crippen LogP contribution in [0.3, 0.4) is 0 Å². The summed E-state index contributed by atoms with van der Waals surface area (Å²) in [5.74, 6) is 0.417. The van der Waals surface area contributed by atoms with Crippen LogP contribution in [0.2, 0.25) is 0 Å². The highest BCUT2D eigenvalue weighted by molar-refractivity contribution is 9.10.